The van der Waals surface area contributed by atoms with E-state index in [0.29, 0.717) is 13.0 Å². The van der Waals surface area contributed by atoms with Crippen LogP contribution in [0.25, 0.3) is 0 Å². The lowest BCUT2D eigenvalue weighted by molar-refractivity contribution is -0.383. The molecule has 8 nitrogen and oxygen atoms in total. The number of esters is 1. The first-order valence-electron chi connectivity index (χ1n) is 6.39. The van der Waals surface area contributed by atoms with Gasteiger partial charge < -0.3 is 14.8 Å². The van der Waals surface area contributed by atoms with Crippen LogP contribution in [-0.2, 0) is 19.1 Å². The maximum Gasteiger partial charge on any atom is 0.335 e. The zero-order valence-corrected chi connectivity index (χ0v) is 11.1. The predicted molar refractivity (Wildman–Crippen MR) is 71.7 cm³/mol. The number of rotatable bonds is 5. The summed E-state index contributed by atoms with van der Waals surface area (Å²) in [7, 11) is 0. The number of anilines is 1. The van der Waals surface area contributed by atoms with Crippen molar-refractivity contribution in [3.63, 3.8) is 0 Å². The summed E-state index contributed by atoms with van der Waals surface area (Å²) in [4.78, 5) is 33.4. The van der Waals surface area contributed by atoms with Crippen LogP contribution < -0.4 is 5.32 Å². The molecule has 1 amide bonds. The molecule has 0 aromatic heterocycles. The maximum atomic E-state index is 11.7. The summed E-state index contributed by atoms with van der Waals surface area (Å²) in [5, 5.41) is 13.1. The van der Waals surface area contributed by atoms with E-state index >= 15 is 0 Å². The molecule has 0 bridgehead atoms. The average molecular weight is 294 g/mol. The summed E-state index contributed by atoms with van der Waals surface area (Å²) < 4.78 is 9.93. The second-order valence-electron chi connectivity index (χ2n) is 4.43. The molecule has 0 saturated carbocycles. The predicted octanol–water partition coefficient (Wildman–Crippen LogP) is 1.26. The number of nitro groups is 1. The molecule has 1 aromatic rings. The molecule has 1 atom stereocenters. The zero-order chi connectivity index (χ0) is 15.2. The Morgan fingerprint density at radius 2 is 2.19 bits per heavy atom. The van der Waals surface area contributed by atoms with Crippen molar-refractivity contribution in [3.8, 4) is 0 Å². The third-order valence-corrected chi connectivity index (χ3v) is 2.91. The smallest absolute Gasteiger partial charge is 0.335 e. The van der Waals surface area contributed by atoms with Crippen LogP contribution in [-0.4, -0.2) is 36.1 Å². The lowest BCUT2D eigenvalue weighted by atomic mass is 10.2. The summed E-state index contributed by atoms with van der Waals surface area (Å²) >= 11 is 0. The third kappa shape index (κ3) is 3.99. The molecule has 1 N–H and O–H groups in total. The molecular formula is C13H14N2O6. The number of carbonyl (C=O) groups excluding carboxylic acids is 2. The highest BCUT2D eigenvalue weighted by atomic mass is 16.6. The molecule has 0 aliphatic carbocycles. The topological polar surface area (TPSA) is 108 Å². The van der Waals surface area contributed by atoms with Crippen LogP contribution in [0.2, 0.25) is 0 Å². The summed E-state index contributed by atoms with van der Waals surface area (Å²) in [6, 6.07) is 5.72. The normalized spacial score (nSPS) is 17.2. The molecular weight excluding hydrogens is 280 g/mol. The van der Waals surface area contributed by atoms with E-state index in [-0.39, 0.29) is 11.4 Å². The second kappa shape index (κ2) is 6.80. The molecule has 0 unspecified atom stereocenters. The molecule has 2 rings (SSSR count). The number of ether oxygens (including phenoxy) is 2. The van der Waals surface area contributed by atoms with Crippen molar-refractivity contribution in [2.45, 2.75) is 18.9 Å². The number of nitrogens with one attached hydrogen (secondary N) is 1. The van der Waals surface area contributed by atoms with Crippen LogP contribution in [0.1, 0.15) is 12.8 Å². The van der Waals surface area contributed by atoms with Crippen molar-refractivity contribution >= 4 is 23.3 Å². The molecule has 0 spiro atoms. The van der Waals surface area contributed by atoms with E-state index in [1.54, 1.807) is 6.07 Å². The molecule has 1 saturated heterocycles. The highest BCUT2D eigenvalue weighted by Gasteiger charge is 2.25. The van der Waals surface area contributed by atoms with E-state index in [9.17, 15) is 19.7 Å². The number of benzene rings is 1. The van der Waals surface area contributed by atoms with Gasteiger partial charge in [-0.25, -0.2) is 4.79 Å². The SMILES string of the molecule is O=C(COC(=O)[C@@H]1CCCO1)Nc1ccccc1[N+](=O)[O-]. The van der Waals surface area contributed by atoms with Gasteiger partial charge in [0.1, 0.15) is 5.69 Å². The summed E-state index contributed by atoms with van der Waals surface area (Å²) in [6.07, 6.45) is 0.733. The molecule has 1 aromatic carbocycles. The quantitative estimate of drug-likeness (QED) is 0.497. The fourth-order valence-corrected chi connectivity index (χ4v) is 1.92. The van der Waals surface area contributed by atoms with Crippen molar-refractivity contribution < 1.29 is 24.0 Å². The average Bonchev–Trinajstić information content (AvgIpc) is 2.99. The lowest BCUT2D eigenvalue weighted by Crippen LogP contribution is -2.27. The van der Waals surface area contributed by atoms with E-state index in [0.717, 1.165) is 6.42 Å². The zero-order valence-electron chi connectivity index (χ0n) is 11.1. The van der Waals surface area contributed by atoms with Gasteiger partial charge in [0.2, 0.25) is 0 Å². The largest absolute Gasteiger partial charge is 0.454 e. The Balaban J connectivity index is 1.87. The van der Waals surface area contributed by atoms with Crippen LogP contribution >= 0.6 is 0 Å². The van der Waals surface area contributed by atoms with Gasteiger partial charge in [0, 0.05) is 12.7 Å². The van der Waals surface area contributed by atoms with Crippen LogP contribution in [0.4, 0.5) is 11.4 Å². The van der Waals surface area contributed by atoms with Gasteiger partial charge in [0.25, 0.3) is 11.6 Å². The minimum atomic E-state index is -0.643. The molecule has 112 valence electrons. The van der Waals surface area contributed by atoms with Gasteiger partial charge >= 0.3 is 5.97 Å². The Morgan fingerprint density at radius 1 is 1.43 bits per heavy atom. The van der Waals surface area contributed by atoms with Crippen molar-refractivity contribution in [1.29, 1.82) is 0 Å². The number of nitro benzene ring substituents is 1. The number of hydrogen-bond donors (Lipinski definition) is 1. The number of nitrogens with zero attached hydrogens (tertiary/aromatic N) is 1. The Morgan fingerprint density at radius 3 is 2.86 bits per heavy atom. The summed E-state index contributed by atoms with van der Waals surface area (Å²) in [5.74, 6) is -1.24. The third-order valence-electron chi connectivity index (χ3n) is 2.91. The molecule has 21 heavy (non-hydrogen) atoms. The van der Waals surface area contributed by atoms with Gasteiger partial charge in [-0.2, -0.15) is 0 Å². The number of para-hydroxylation sites is 2. The molecule has 1 fully saturated rings. The Kier molecular flexibility index (Phi) is 4.83. The number of hydrogen-bond acceptors (Lipinski definition) is 6. The molecule has 1 heterocycles. The first kappa shape index (κ1) is 14.9. The van der Waals surface area contributed by atoms with E-state index in [2.05, 4.69) is 5.32 Å². The van der Waals surface area contributed by atoms with Crippen LogP contribution in [0, 0.1) is 10.1 Å². The molecule has 1 aliphatic rings. The van der Waals surface area contributed by atoms with Gasteiger partial charge in [0.05, 0.1) is 4.92 Å². The molecule has 0 radical (unpaired) electrons. The second-order valence-corrected chi connectivity index (χ2v) is 4.43. The minimum Gasteiger partial charge on any atom is -0.454 e. The Hall–Kier alpha value is -2.48. The van der Waals surface area contributed by atoms with Gasteiger partial charge in [0.15, 0.2) is 12.7 Å². The first-order valence-corrected chi connectivity index (χ1v) is 6.39. The van der Waals surface area contributed by atoms with Gasteiger partial charge in [-0.1, -0.05) is 12.1 Å². The van der Waals surface area contributed by atoms with Crippen molar-refractivity contribution in [1.82, 2.24) is 0 Å². The van der Waals surface area contributed by atoms with Gasteiger partial charge in [-0.05, 0) is 18.9 Å². The highest BCUT2D eigenvalue weighted by molar-refractivity contribution is 5.95. The molecule has 1 aliphatic heterocycles. The number of carbonyl (C=O) groups is 2. The molecule has 8 heteroatoms. The van der Waals surface area contributed by atoms with Crippen LogP contribution in [0.5, 0.6) is 0 Å². The monoisotopic (exact) mass is 294 g/mol. The van der Waals surface area contributed by atoms with E-state index < -0.39 is 29.5 Å². The highest BCUT2D eigenvalue weighted by Crippen LogP contribution is 2.23. The van der Waals surface area contributed by atoms with E-state index in [4.69, 9.17) is 9.47 Å². The van der Waals surface area contributed by atoms with Crippen LogP contribution in [0.15, 0.2) is 24.3 Å². The van der Waals surface area contributed by atoms with E-state index in [1.165, 1.54) is 18.2 Å². The fourth-order valence-electron chi connectivity index (χ4n) is 1.92. The summed E-state index contributed by atoms with van der Waals surface area (Å²) in [6.45, 7) is -0.00703. The maximum absolute atomic E-state index is 11.7. The van der Waals surface area contributed by atoms with Crippen LogP contribution in [0.3, 0.4) is 0 Å². The number of amides is 1. The Bertz CT molecular complexity index is 553. The van der Waals surface area contributed by atoms with Crippen molar-refractivity contribution in [2.24, 2.45) is 0 Å². The van der Waals surface area contributed by atoms with Gasteiger partial charge in [-0.3, -0.25) is 14.9 Å². The lowest BCUT2D eigenvalue weighted by Gasteiger charge is -2.10. The van der Waals surface area contributed by atoms with Crippen molar-refractivity contribution in [2.75, 3.05) is 18.5 Å². The van der Waals surface area contributed by atoms with Gasteiger partial charge in [-0.15, -0.1) is 0 Å². The van der Waals surface area contributed by atoms with E-state index in [1.807, 2.05) is 0 Å². The first-order chi connectivity index (χ1) is 10.1. The van der Waals surface area contributed by atoms with Crippen molar-refractivity contribution in [3.05, 3.63) is 34.4 Å². The standard InChI is InChI=1S/C13H14N2O6/c16-12(8-21-13(17)11-6-3-7-20-11)14-9-4-1-2-5-10(9)15(18)19/h1-2,4-5,11H,3,6-8H2,(H,14,16)/t11-/m0/s1. The minimum absolute atomic E-state index is 0.0562. The fraction of sp³-hybridized carbons (Fsp3) is 0.385. The summed E-state index contributed by atoms with van der Waals surface area (Å²) in [5.41, 5.74) is -0.169. The Labute approximate surface area is 120 Å².